The van der Waals surface area contributed by atoms with Crippen LogP contribution in [0.3, 0.4) is 0 Å². The third-order valence-corrected chi connectivity index (χ3v) is 6.38. The van der Waals surface area contributed by atoms with Gasteiger partial charge in [-0.25, -0.2) is 4.39 Å². The minimum atomic E-state index is -4.06. The largest absolute Gasteiger partial charge is 0.374 e. The molecule has 1 fully saturated rings. The molecule has 0 aromatic heterocycles. The summed E-state index contributed by atoms with van der Waals surface area (Å²) in [5.41, 5.74) is 0.446. The molecule has 0 aliphatic carbocycles. The molecule has 33 heavy (non-hydrogen) atoms. The minimum absolute atomic E-state index is 0.147. The summed E-state index contributed by atoms with van der Waals surface area (Å²) in [6, 6.07) is 7.03. The summed E-state index contributed by atoms with van der Waals surface area (Å²) in [4.78, 5) is 38.4. The molecule has 0 saturated carbocycles. The van der Waals surface area contributed by atoms with Gasteiger partial charge in [-0.2, -0.15) is 8.78 Å². The van der Waals surface area contributed by atoms with Gasteiger partial charge in [0, 0.05) is 22.2 Å². The predicted molar refractivity (Wildman–Crippen MR) is 118 cm³/mol. The average molecular weight is 573 g/mol. The van der Waals surface area contributed by atoms with Crippen LogP contribution in [0, 0.1) is 9.39 Å². The maximum absolute atomic E-state index is 14.5. The number of halogens is 4. The van der Waals surface area contributed by atoms with E-state index in [1.54, 1.807) is 28.7 Å². The Labute approximate surface area is 200 Å². The van der Waals surface area contributed by atoms with Crippen LogP contribution in [0.15, 0.2) is 36.4 Å². The molecule has 0 radical (unpaired) electrons. The number of hydrogen-bond donors (Lipinski definition) is 3. The van der Waals surface area contributed by atoms with Crippen LogP contribution in [0.5, 0.6) is 0 Å². The zero-order valence-electron chi connectivity index (χ0n) is 17.1. The predicted octanol–water partition coefficient (Wildman–Crippen LogP) is 2.39. The summed E-state index contributed by atoms with van der Waals surface area (Å²) >= 11 is 1.78. The van der Waals surface area contributed by atoms with Crippen molar-refractivity contribution in [3.05, 3.63) is 68.0 Å². The number of alkyl halides is 2. The van der Waals surface area contributed by atoms with E-state index in [4.69, 9.17) is 0 Å². The van der Waals surface area contributed by atoms with E-state index in [1.165, 1.54) is 23.1 Å². The molecule has 2 unspecified atom stereocenters. The first-order chi connectivity index (χ1) is 15.6. The van der Waals surface area contributed by atoms with Crippen LogP contribution in [0.25, 0.3) is 0 Å². The Hall–Kier alpha value is -2.67. The zero-order chi connectivity index (χ0) is 23.9. The van der Waals surface area contributed by atoms with E-state index < -0.39 is 41.4 Å². The van der Waals surface area contributed by atoms with Crippen molar-refractivity contribution in [1.29, 1.82) is 0 Å². The number of carbonyl (C=O) groups excluding carboxylic acids is 3. The molecule has 1 saturated heterocycles. The molecule has 2 aliphatic rings. The van der Waals surface area contributed by atoms with Crippen LogP contribution in [0.1, 0.15) is 39.9 Å². The van der Waals surface area contributed by atoms with Gasteiger partial charge in [0.2, 0.25) is 5.91 Å². The van der Waals surface area contributed by atoms with Crippen molar-refractivity contribution in [2.45, 2.75) is 44.1 Å². The van der Waals surface area contributed by atoms with Crippen molar-refractivity contribution in [3.63, 3.8) is 0 Å². The fourth-order valence-electron chi connectivity index (χ4n) is 3.99. The zero-order valence-corrected chi connectivity index (χ0v) is 19.2. The maximum Gasteiger partial charge on any atom is 0.352 e. The highest BCUT2D eigenvalue weighted by Crippen LogP contribution is 2.32. The van der Waals surface area contributed by atoms with Gasteiger partial charge in [-0.1, -0.05) is 12.1 Å². The monoisotopic (exact) mass is 573 g/mol. The molecule has 174 valence electrons. The number of fused-ring (bicyclic) bond motifs is 1. The second kappa shape index (κ2) is 8.93. The molecule has 2 atom stereocenters. The van der Waals surface area contributed by atoms with Gasteiger partial charge in [-0.3, -0.25) is 14.4 Å². The quantitative estimate of drug-likeness (QED) is 0.479. The maximum atomic E-state index is 14.5. The molecule has 2 aromatic rings. The van der Waals surface area contributed by atoms with E-state index in [-0.39, 0.29) is 19.0 Å². The van der Waals surface area contributed by atoms with Gasteiger partial charge in [-0.15, -0.1) is 0 Å². The van der Waals surface area contributed by atoms with Crippen LogP contribution in [0.2, 0.25) is 0 Å². The van der Waals surface area contributed by atoms with E-state index in [2.05, 4.69) is 10.6 Å². The fraction of sp³-hybridized carbons (Fsp3) is 0.318. The van der Waals surface area contributed by atoms with Crippen molar-refractivity contribution >= 4 is 40.3 Å². The van der Waals surface area contributed by atoms with E-state index >= 15 is 0 Å². The number of aliphatic hydroxyl groups is 1. The number of carbonyl (C=O) groups is 3. The van der Waals surface area contributed by atoms with Crippen LogP contribution in [-0.4, -0.2) is 40.0 Å². The molecule has 11 heteroatoms. The van der Waals surface area contributed by atoms with Gasteiger partial charge < -0.3 is 20.6 Å². The lowest BCUT2D eigenvalue weighted by Gasteiger charge is -2.32. The van der Waals surface area contributed by atoms with Crippen molar-refractivity contribution < 1.29 is 32.7 Å². The lowest BCUT2D eigenvalue weighted by molar-refractivity contribution is -0.147. The van der Waals surface area contributed by atoms with Crippen molar-refractivity contribution in [2.24, 2.45) is 0 Å². The molecular weight excluding hydrogens is 554 g/mol. The molecule has 3 N–H and O–H groups in total. The molecule has 3 amide bonds. The molecule has 0 bridgehead atoms. The number of amides is 3. The van der Waals surface area contributed by atoms with Gasteiger partial charge >= 0.3 is 5.92 Å². The molecule has 7 nitrogen and oxygen atoms in total. The van der Waals surface area contributed by atoms with Gasteiger partial charge in [0.25, 0.3) is 11.8 Å². The van der Waals surface area contributed by atoms with Crippen LogP contribution >= 0.6 is 22.6 Å². The van der Waals surface area contributed by atoms with E-state index in [0.717, 1.165) is 12.1 Å². The Bertz CT molecular complexity index is 1140. The highest BCUT2D eigenvalue weighted by atomic mass is 127. The van der Waals surface area contributed by atoms with E-state index in [1.807, 2.05) is 0 Å². The number of hydrogen-bond acceptors (Lipinski definition) is 4. The van der Waals surface area contributed by atoms with Crippen molar-refractivity contribution in [1.82, 2.24) is 15.5 Å². The van der Waals surface area contributed by atoms with Crippen LogP contribution in [-0.2, 0) is 28.6 Å². The van der Waals surface area contributed by atoms with Gasteiger partial charge in [-0.05, 0) is 70.8 Å². The first-order valence-electron chi connectivity index (χ1n) is 10.1. The summed E-state index contributed by atoms with van der Waals surface area (Å²) < 4.78 is 43.3. The normalized spacial score (nSPS) is 20.5. The van der Waals surface area contributed by atoms with Crippen LogP contribution in [0.4, 0.5) is 13.2 Å². The van der Waals surface area contributed by atoms with Crippen molar-refractivity contribution in [2.75, 3.05) is 0 Å². The third kappa shape index (κ3) is 4.56. The SMILES string of the molecule is O=C1NC(O)CCC1N1Cc2cc(CNC(=O)C(F)(F)c3ccc(I)cc3F)ccc2C1=O. The number of rotatable bonds is 5. The highest BCUT2D eigenvalue weighted by Gasteiger charge is 2.43. The van der Waals surface area contributed by atoms with Gasteiger partial charge in [0.1, 0.15) is 18.1 Å². The summed E-state index contributed by atoms with van der Waals surface area (Å²) in [6.45, 7) is -0.105. The molecule has 2 heterocycles. The topological polar surface area (TPSA) is 98.7 Å². The Kier molecular flexibility index (Phi) is 6.36. The highest BCUT2D eigenvalue weighted by molar-refractivity contribution is 14.1. The number of nitrogens with zero attached hydrogens (tertiary/aromatic N) is 1. The smallest absolute Gasteiger partial charge is 0.352 e. The molecule has 2 aromatic carbocycles. The molecule has 4 rings (SSSR count). The summed E-state index contributed by atoms with van der Waals surface area (Å²) in [5.74, 6) is -7.64. The standard InChI is InChI=1S/C22H19F3IN3O4/c23-16-8-13(26)2-4-15(16)22(24,25)21(33)27-9-11-1-3-14-12(7-11)10-29(20(14)32)17-5-6-18(30)28-19(17)31/h1-4,7-8,17-18,30H,5-6,9-10H2,(H,27,33)(H,28,31). The van der Waals surface area contributed by atoms with Crippen molar-refractivity contribution in [3.8, 4) is 0 Å². The Morgan fingerprint density at radius 1 is 1.21 bits per heavy atom. The summed E-state index contributed by atoms with van der Waals surface area (Å²) in [6.07, 6.45) is -0.293. The average Bonchev–Trinajstić information content (AvgIpc) is 3.07. The Morgan fingerprint density at radius 2 is 1.97 bits per heavy atom. The Balaban J connectivity index is 1.44. The van der Waals surface area contributed by atoms with Gasteiger partial charge in [0.05, 0.1) is 5.56 Å². The number of aliphatic hydroxyl groups excluding tert-OH is 1. The summed E-state index contributed by atoms with van der Waals surface area (Å²) in [5, 5.41) is 14.1. The molecular formula is C22H19F3IN3O4. The fourth-order valence-corrected chi connectivity index (χ4v) is 4.45. The molecule has 0 spiro atoms. The Morgan fingerprint density at radius 3 is 2.67 bits per heavy atom. The van der Waals surface area contributed by atoms with E-state index in [9.17, 15) is 32.7 Å². The number of benzene rings is 2. The second-order valence-electron chi connectivity index (χ2n) is 7.92. The van der Waals surface area contributed by atoms with Gasteiger partial charge in [0.15, 0.2) is 0 Å². The first kappa shape index (κ1) is 23.5. The van der Waals surface area contributed by atoms with E-state index in [0.29, 0.717) is 33.1 Å². The van der Waals surface area contributed by atoms with Crippen LogP contribution < -0.4 is 10.6 Å². The summed E-state index contributed by atoms with van der Waals surface area (Å²) in [7, 11) is 0. The lowest BCUT2D eigenvalue weighted by atomic mass is 10.0. The number of piperidine rings is 1. The first-order valence-corrected chi connectivity index (χ1v) is 11.2. The number of nitrogens with one attached hydrogen (secondary N) is 2. The minimum Gasteiger partial charge on any atom is -0.374 e. The third-order valence-electron chi connectivity index (χ3n) is 5.71. The molecule has 2 aliphatic heterocycles. The second-order valence-corrected chi connectivity index (χ2v) is 9.17. The lowest BCUT2D eigenvalue weighted by Crippen LogP contribution is -2.54.